The molecule has 1 aromatic carbocycles. The van der Waals surface area contributed by atoms with Crippen LogP contribution in [0.4, 0.5) is 0 Å². The summed E-state index contributed by atoms with van der Waals surface area (Å²) < 4.78 is 11.9. The van der Waals surface area contributed by atoms with Crippen molar-refractivity contribution < 1.29 is 24.3 Å². The van der Waals surface area contributed by atoms with Gasteiger partial charge < -0.3 is 19.5 Å². The largest absolute Gasteiger partial charge is 0.506 e. The van der Waals surface area contributed by atoms with Gasteiger partial charge in [0.05, 0.1) is 22.6 Å². The molecule has 1 aromatic rings. The number of hydrogen-bond donors (Lipinski definition) is 2. The Morgan fingerprint density at radius 1 is 1.27 bits per heavy atom. The number of rotatable bonds is 4. The number of phenols is 1. The molecular formula is C15H20BClO5. The summed E-state index contributed by atoms with van der Waals surface area (Å²) in [4.78, 5) is 11.2. The molecular weight excluding hydrogens is 306 g/mol. The molecule has 1 atom stereocenters. The van der Waals surface area contributed by atoms with E-state index in [1.54, 1.807) is 12.1 Å². The summed E-state index contributed by atoms with van der Waals surface area (Å²) in [5.74, 6) is -1.69. The Balaban J connectivity index is 2.40. The van der Waals surface area contributed by atoms with E-state index < -0.39 is 30.1 Å². The number of aliphatic carboxylic acids is 1. The molecule has 1 aliphatic heterocycles. The highest BCUT2D eigenvalue weighted by atomic mass is 35.5. The van der Waals surface area contributed by atoms with Gasteiger partial charge in [-0.25, -0.2) is 0 Å². The van der Waals surface area contributed by atoms with E-state index in [0.29, 0.717) is 5.56 Å². The quantitative estimate of drug-likeness (QED) is 0.831. The van der Waals surface area contributed by atoms with Crippen LogP contribution >= 0.6 is 11.6 Å². The van der Waals surface area contributed by atoms with Crippen LogP contribution in [0, 0.1) is 0 Å². The normalized spacial score (nSPS) is 20.9. The molecule has 0 amide bonds. The second-order valence-corrected chi connectivity index (χ2v) is 6.89. The van der Waals surface area contributed by atoms with Crippen molar-refractivity contribution in [1.82, 2.24) is 0 Å². The van der Waals surface area contributed by atoms with Gasteiger partial charge in [0.1, 0.15) is 5.75 Å². The average Bonchev–Trinajstić information content (AvgIpc) is 2.59. The molecule has 2 rings (SSSR count). The van der Waals surface area contributed by atoms with Crippen LogP contribution in [0.3, 0.4) is 0 Å². The molecule has 0 saturated carbocycles. The van der Waals surface area contributed by atoms with Crippen molar-refractivity contribution in [3.05, 3.63) is 28.8 Å². The van der Waals surface area contributed by atoms with Crippen LogP contribution in [-0.4, -0.2) is 34.5 Å². The van der Waals surface area contributed by atoms with Crippen molar-refractivity contribution in [2.45, 2.75) is 51.1 Å². The molecule has 1 aliphatic rings. The number of halogens is 1. The molecule has 5 nitrogen and oxygen atoms in total. The van der Waals surface area contributed by atoms with Gasteiger partial charge in [-0.05, 0) is 39.3 Å². The fraction of sp³-hybridized carbons (Fsp3) is 0.533. The predicted octanol–water partition coefficient (Wildman–Crippen LogP) is 3.24. The smallest absolute Gasteiger partial charge is 0.466 e. The summed E-state index contributed by atoms with van der Waals surface area (Å²) in [6.07, 6.45) is -0.208. The maximum absolute atomic E-state index is 11.2. The number of phenolic OH excluding ortho intramolecular Hbond substituents is 1. The Kier molecular flexibility index (Phi) is 4.48. The van der Waals surface area contributed by atoms with Gasteiger partial charge in [-0.15, -0.1) is 0 Å². The van der Waals surface area contributed by atoms with Crippen LogP contribution in [0.5, 0.6) is 5.75 Å². The first kappa shape index (κ1) is 17.1. The van der Waals surface area contributed by atoms with Crippen LogP contribution in [0.1, 0.15) is 45.5 Å². The highest BCUT2D eigenvalue weighted by molar-refractivity contribution is 6.48. The molecule has 0 aromatic heterocycles. The first-order valence-corrected chi connectivity index (χ1v) is 7.48. The van der Waals surface area contributed by atoms with Crippen molar-refractivity contribution in [2.75, 3.05) is 0 Å². The highest BCUT2D eigenvalue weighted by Crippen LogP contribution is 2.43. The Hall–Kier alpha value is -1.24. The SMILES string of the molecule is CC1(C)OB(C(CC(=O)O)c2cccc(O)c2Cl)OC1(C)C. The van der Waals surface area contributed by atoms with E-state index in [4.69, 9.17) is 20.9 Å². The lowest BCUT2D eigenvalue weighted by atomic mass is 9.66. The zero-order valence-corrected chi connectivity index (χ0v) is 13.8. The molecule has 1 heterocycles. The summed E-state index contributed by atoms with van der Waals surface area (Å²) in [7, 11) is -0.750. The number of carbonyl (C=O) groups is 1. The van der Waals surface area contributed by atoms with Crippen LogP contribution in [0.25, 0.3) is 0 Å². The first-order valence-electron chi connectivity index (χ1n) is 7.10. The number of carboxylic acid groups (broad SMARTS) is 1. The number of hydrogen-bond acceptors (Lipinski definition) is 4. The molecule has 1 fully saturated rings. The van der Waals surface area contributed by atoms with Crippen LogP contribution in [0.15, 0.2) is 18.2 Å². The zero-order valence-electron chi connectivity index (χ0n) is 13.1. The Bertz CT molecular complexity index is 571. The molecule has 120 valence electrons. The molecule has 0 spiro atoms. The molecule has 7 heteroatoms. The number of benzene rings is 1. The fourth-order valence-electron chi connectivity index (χ4n) is 2.42. The van der Waals surface area contributed by atoms with E-state index in [0.717, 1.165) is 0 Å². The minimum atomic E-state index is -0.987. The average molecular weight is 327 g/mol. The molecule has 1 saturated heterocycles. The van der Waals surface area contributed by atoms with E-state index in [2.05, 4.69) is 0 Å². The molecule has 2 N–H and O–H groups in total. The Labute approximate surface area is 135 Å². The van der Waals surface area contributed by atoms with Gasteiger partial charge >= 0.3 is 13.1 Å². The summed E-state index contributed by atoms with van der Waals surface area (Å²) in [6.45, 7) is 7.59. The van der Waals surface area contributed by atoms with E-state index in [1.165, 1.54) is 6.07 Å². The molecule has 1 unspecified atom stereocenters. The predicted molar refractivity (Wildman–Crippen MR) is 84.2 cm³/mol. The van der Waals surface area contributed by atoms with Gasteiger partial charge in [-0.3, -0.25) is 4.79 Å². The third kappa shape index (κ3) is 3.09. The fourth-order valence-corrected chi connectivity index (χ4v) is 2.68. The molecule has 22 heavy (non-hydrogen) atoms. The van der Waals surface area contributed by atoms with Crippen molar-refractivity contribution >= 4 is 24.7 Å². The van der Waals surface area contributed by atoms with Crippen molar-refractivity contribution in [3.63, 3.8) is 0 Å². The van der Waals surface area contributed by atoms with Crippen LogP contribution in [-0.2, 0) is 14.1 Å². The standard InChI is InChI=1S/C15H20BClO5/c1-14(2)15(3,4)22-16(21-14)10(8-12(19)20)9-6-5-7-11(18)13(9)17/h5-7,10,18H,8H2,1-4H3,(H,19,20). The van der Waals surface area contributed by atoms with E-state index in [1.807, 2.05) is 27.7 Å². The minimum Gasteiger partial charge on any atom is -0.506 e. The second kappa shape index (κ2) is 5.76. The number of carboxylic acids is 1. The van der Waals surface area contributed by atoms with Gasteiger partial charge in [0, 0.05) is 5.82 Å². The first-order chi connectivity index (χ1) is 10.0. The topological polar surface area (TPSA) is 76.0 Å². The van der Waals surface area contributed by atoms with E-state index >= 15 is 0 Å². The van der Waals surface area contributed by atoms with E-state index in [-0.39, 0.29) is 17.2 Å². The zero-order chi connectivity index (χ0) is 16.7. The summed E-state index contributed by atoms with van der Waals surface area (Å²) in [5.41, 5.74) is -0.641. The van der Waals surface area contributed by atoms with Gasteiger partial charge in [0.25, 0.3) is 0 Å². The lowest BCUT2D eigenvalue weighted by molar-refractivity contribution is -0.137. The second-order valence-electron chi connectivity index (χ2n) is 6.51. The minimum absolute atomic E-state index is 0.0916. The van der Waals surface area contributed by atoms with Crippen LogP contribution < -0.4 is 0 Å². The maximum atomic E-state index is 11.2. The van der Waals surface area contributed by atoms with Gasteiger partial charge in [0.15, 0.2) is 0 Å². The summed E-state index contributed by atoms with van der Waals surface area (Å²) in [6, 6.07) is 4.76. The number of aromatic hydroxyl groups is 1. The van der Waals surface area contributed by atoms with Crippen molar-refractivity contribution in [1.29, 1.82) is 0 Å². The lowest BCUT2D eigenvalue weighted by Gasteiger charge is -2.32. The van der Waals surface area contributed by atoms with Gasteiger partial charge in [0.2, 0.25) is 0 Å². The molecule has 0 aliphatic carbocycles. The van der Waals surface area contributed by atoms with Crippen molar-refractivity contribution in [2.24, 2.45) is 0 Å². The highest BCUT2D eigenvalue weighted by Gasteiger charge is 2.54. The third-order valence-corrected chi connectivity index (χ3v) is 4.81. The molecule has 0 radical (unpaired) electrons. The monoisotopic (exact) mass is 326 g/mol. The van der Waals surface area contributed by atoms with E-state index in [9.17, 15) is 15.0 Å². The Morgan fingerprint density at radius 3 is 2.32 bits per heavy atom. The summed E-state index contributed by atoms with van der Waals surface area (Å²) >= 11 is 6.14. The summed E-state index contributed by atoms with van der Waals surface area (Å²) in [5, 5.41) is 19.1. The molecule has 0 bridgehead atoms. The van der Waals surface area contributed by atoms with Gasteiger partial charge in [-0.2, -0.15) is 0 Å². The lowest BCUT2D eigenvalue weighted by Crippen LogP contribution is -2.41. The maximum Gasteiger partial charge on any atom is 0.466 e. The third-order valence-electron chi connectivity index (χ3n) is 4.40. The van der Waals surface area contributed by atoms with Gasteiger partial charge in [-0.1, -0.05) is 23.7 Å². The Morgan fingerprint density at radius 2 is 1.82 bits per heavy atom. The van der Waals surface area contributed by atoms with Crippen molar-refractivity contribution in [3.8, 4) is 5.75 Å². The van der Waals surface area contributed by atoms with Crippen LogP contribution in [0.2, 0.25) is 5.02 Å².